The van der Waals surface area contributed by atoms with Crippen LogP contribution in [-0.2, 0) is 27.6 Å². The van der Waals surface area contributed by atoms with Crippen LogP contribution in [-0.4, -0.2) is 85.0 Å². The molecule has 1 aliphatic rings. The summed E-state index contributed by atoms with van der Waals surface area (Å²) in [6, 6.07) is 4.10. The molecule has 0 aromatic carbocycles. The zero-order valence-corrected chi connectivity index (χ0v) is 28.0. The average molecular weight is 649 g/mol. The molecule has 2 N–H and O–H groups in total. The van der Waals surface area contributed by atoms with E-state index >= 15 is 0 Å². The van der Waals surface area contributed by atoms with E-state index < -0.39 is 32.7 Å². The Kier molecular flexibility index (Phi) is 12.0. The van der Waals surface area contributed by atoms with Crippen LogP contribution in [0.15, 0.2) is 36.9 Å². The third-order valence-corrected chi connectivity index (χ3v) is 9.50. The number of hydrogen-bond acceptors (Lipinski definition) is 7. The number of fused-ring (bicyclic) bond motifs is 1. The molecule has 4 heterocycles. The Labute approximate surface area is 264 Å². The molecule has 1 fully saturated rings. The normalized spacial score (nSPS) is 15.2. The van der Waals surface area contributed by atoms with E-state index in [1.165, 1.54) is 12.8 Å². The van der Waals surface area contributed by atoms with Crippen molar-refractivity contribution >= 4 is 30.7 Å². The van der Waals surface area contributed by atoms with Gasteiger partial charge in [-0.3, -0.25) is 9.78 Å². The minimum atomic E-state index is -4.49. The summed E-state index contributed by atoms with van der Waals surface area (Å²) in [5.74, 6) is -0.993. The van der Waals surface area contributed by atoms with Gasteiger partial charge >= 0.3 is 6.18 Å². The van der Waals surface area contributed by atoms with E-state index in [4.69, 9.17) is 14.5 Å². The van der Waals surface area contributed by atoms with Crippen molar-refractivity contribution in [1.82, 2.24) is 24.8 Å². The first kappa shape index (κ1) is 34.9. The van der Waals surface area contributed by atoms with Gasteiger partial charge in [-0.25, -0.2) is 4.98 Å². The second kappa shape index (κ2) is 15.5. The first-order chi connectivity index (χ1) is 21.3. The first-order valence-corrected chi connectivity index (χ1v) is 19.4. The highest BCUT2D eigenvalue weighted by Gasteiger charge is 2.30. The quantitative estimate of drug-likeness (QED) is 0.142. The molecule has 1 saturated heterocycles. The summed E-state index contributed by atoms with van der Waals surface area (Å²) in [4.78, 5) is 24.2. The molecule has 1 aliphatic heterocycles. The van der Waals surface area contributed by atoms with E-state index in [1.54, 1.807) is 26.2 Å². The van der Waals surface area contributed by atoms with Crippen molar-refractivity contribution in [2.75, 3.05) is 44.7 Å². The van der Waals surface area contributed by atoms with Gasteiger partial charge in [-0.2, -0.15) is 13.2 Å². The molecule has 0 bridgehead atoms. The third-order valence-electron chi connectivity index (χ3n) is 7.80. The van der Waals surface area contributed by atoms with Crippen LogP contribution >= 0.6 is 0 Å². The van der Waals surface area contributed by atoms with Crippen molar-refractivity contribution in [3.63, 3.8) is 0 Å². The van der Waals surface area contributed by atoms with Crippen molar-refractivity contribution in [3.8, 4) is 11.1 Å². The zero-order chi connectivity index (χ0) is 32.6. The molecular weight excluding hydrogens is 601 g/mol. The van der Waals surface area contributed by atoms with Crippen LogP contribution in [0.25, 0.3) is 22.2 Å². The number of alkyl halides is 3. The van der Waals surface area contributed by atoms with Gasteiger partial charge in [-0.1, -0.05) is 33.5 Å². The van der Waals surface area contributed by atoms with E-state index in [0.29, 0.717) is 32.2 Å². The predicted molar refractivity (Wildman–Crippen MR) is 174 cm³/mol. The Bertz CT molecular complexity index is 1400. The van der Waals surface area contributed by atoms with E-state index in [-0.39, 0.29) is 5.92 Å². The van der Waals surface area contributed by atoms with Crippen LogP contribution < -0.4 is 10.6 Å². The lowest BCUT2D eigenvalue weighted by Crippen LogP contribution is -2.46. The number of aromatic nitrogens is 3. The number of likely N-dealkylation sites (tertiary alicyclic amines) is 1. The smallest absolute Gasteiger partial charge is 0.375 e. The van der Waals surface area contributed by atoms with Crippen LogP contribution in [0, 0.1) is 5.92 Å². The summed E-state index contributed by atoms with van der Waals surface area (Å²) in [5.41, 5.74) is 3.90. The molecule has 1 amide bonds. The molecule has 3 aromatic rings. The Balaban J connectivity index is 1.56. The number of nitrogens with zero attached hydrogens (tertiary/aromatic N) is 4. The maximum absolute atomic E-state index is 12.7. The monoisotopic (exact) mass is 648 g/mol. The number of rotatable bonds is 16. The maximum Gasteiger partial charge on any atom is 0.405 e. The minimum Gasteiger partial charge on any atom is -0.375 e. The summed E-state index contributed by atoms with van der Waals surface area (Å²) in [6.07, 6.45) is 5.12. The molecule has 0 spiro atoms. The fraction of sp³-hybridized carbons (Fsp3) is 0.594. The lowest BCUT2D eigenvalue weighted by molar-refractivity contribution is -0.139. The second-order valence-corrected chi connectivity index (χ2v) is 19.0. The average Bonchev–Trinajstić information content (AvgIpc) is 3.62. The van der Waals surface area contributed by atoms with E-state index in [0.717, 1.165) is 53.4 Å². The highest BCUT2D eigenvalue weighted by Crippen LogP contribution is 2.32. The molecule has 0 radical (unpaired) electrons. The van der Waals surface area contributed by atoms with Crippen molar-refractivity contribution in [2.24, 2.45) is 5.92 Å². The van der Waals surface area contributed by atoms with Crippen LogP contribution in [0.1, 0.15) is 32.3 Å². The molecule has 4 rings (SSSR count). The third kappa shape index (κ3) is 10.8. The topological polar surface area (TPSA) is 93.5 Å². The number of carbonyl (C=O) groups is 1. The lowest BCUT2D eigenvalue weighted by atomic mass is 10.0. The number of halogens is 3. The summed E-state index contributed by atoms with van der Waals surface area (Å²) in [7, 11) is -1.25. The Morgan fingerprint density at radius 3 is 2.51 bits per heavy atom. The number of pyridine rings is 2. The Morgan fingerprint density at radius 2 is 1.82 bits per heavy atom. The molecule has 45 heavy (non-hydrogen) atoms. The number of ether oxygens (including phenoxy) is 2. The van der Waals surface area contributed by atoms with Gasteiger partial charge in [0.05, 0.1) is 18.9 Å². The van der Waals surface area contributed by atoms with Crippen molar-refractivity contribution in [3.05, 3.63) is 42.5 Å². The SMILES string of the molecule is CC(C)C(Nc1cncc(-c2cn(COCC[Si](C)(C)C)c3ncc(COCCN4CCCC4)cc23)c1)C(=O)NCC(F)(F)F. The predicted octanol–water partition coefficient (Wildman–Crippen LogP) is 6.14. The van der Waals surface area contributed by atoms with Crippen LogP contribution in [0.3, 0.4) is 0 Å². The fourth-order valence-corrected chi connectivity index (χ4v) is 5.99. The number of amides is 1. The summed E-state index contributed by atoms with van der Waals surface area (Å²) < 4.78 is 52.3. The van der Waals surface area contributed by atoms with Gasteiger partial charge in [0.15, 0.2) is 0 Å². The standard InChI is InChI=1S/C32H47F3N6O3Si/c1-23(2)29(31(42)38-21-32(33,34)35)39-26-15-25(17-36-18-26)28-19-41(22-44-12-13-45(3,4)5)30-27(28)14-24(16-37-30)20-43-11-10-40-8-6-7-9-40/h14-19,23,29,39H,6-13,20-22H2,1-5H3,(H,38,42). The number of anilines is 1. The second-order valence-electron chi connectivity index (χ2n) is 13.3. The Hall–Kier alpha value is -3.00. The summed E-state index contributed by atoms with van der Waals surface area (Å²) in [6.45, 7) is 14.4. The van der Waals surface area contributed by atoms with Crippen molar-refractivity contribution in [1.29, 1.82) is 0 Å². The Morgan fingerprint density at radius 1 is 1.07 bits per heavy atom. The van der Waals surface area contributed by atoms with Gasteiger partial charge in [0.25, 0.3) is 0 Å². The first-order valence-electron chi connectivity index (χ1n) is 15.7. The van der Waals surface area contributed by atoms with E-state index in [1.807, 2.05) is 28.3 Å². The minimum absolute atomic E-state index is 0.269. The maximum atomic E-state index is 12.7. The zero-order valence-electron chi connectivity index (χ0n) is 27.0. The summed E-state index contributed by atoms with van der Waals surface area (Å²) in [5, 5.41) is 5.99. The molecule has 0 aliphatic carbocycles. The van der Waals surface area contributed by atoms with Gasteiger partial charge in [0.1, 0.15) is 25.0 Å². The molecule has 9 nitrogen and oxygen atoms in total. The highest BCUT2D eigenvalue weighted by molar-refractivity contribution is 6.76. The van der Waals surface area contributed by atoms with Crippen molar-refractivity contribution in [2.45, 2.75) is 77.9 Å². The molecule has 3 aromatic heterocycles. The lowest BCUT2D eigenvalue weighted by Gasteiger charge is -2.23. The number of nitrogens with one attached hydrogen (secondary N) is 2. The van der Waals surface area contributed by atoms with Gasteiger partial charge in [0, 0.05) is 62.5 Å². The molecule has 248 valence electrons. The molecule has 1 atom stereocenters. The molecular formula is C32H47F3N6O3Si. The molecule has 1 unspecified atom stereocenters. The van der Waals surface area contributed by atoms with Gasteiger partial charge in [-0.05, 0) is 55.6 Å². The highest BCUT2D eigenvalue weighted by atomic mass is 28.3. The number of hydrogen-bond donors (Lipinski definition) is 2. The van der Waals surface area contributed by atoms with Crippen LogP contribution in [0.5, 0.6) is 0 Å². The molecule has 13 heteroatoms. The largest absolute Gasteiger partial charge is 0.405 e. The van der Waals surface area contributed by atoms with E-state index in [9.17, 15) is 18.0 Å². The summed E-state index contributed by atoms with van der Waals surface area (Å²) >= 11 is 0. The fourth-order valence-electron chi connectivity index (χ4n) is 5.23. The van der Waals surface area contributed by atoms with Gasteiger partial charge in [0.2, 0.25) is 5.91 Å². The van der Waals surface area contributed by atoms with Crippen LogP contribution in [0.2, 0.25) is 25.7 Å². The van der Waals surface area contributed by atoms with Gasteiger partial charge < -0.3 is 29.6 Å². The van der Waals surface area contributed by atoms with Gasteiger partial charge in [-0.15, -0.1) is 0 Å². The van der Waals surface area contributed by atoms with Crippen LogP contribution in [0.4, 0.5) is 18.9 Å². The van der Waals surface area contributed by atoms with E-state index in [2.05, 4.69) is 40.9 Å². The van der Waals surface area contributed by atoms with Crippen molar-refractivity contribution < 1.29 is 27.4 Å². The molecule has 0 saturated carbocycles. The number of carbonyl (C=O) groups excluding carboxylic acids is 1.